The predicted octanol–water partition coefficient (Wildman–Crippen LogP) is 1.50. The van der Waals surface area contributed by atoms with E-state index in [-0.39, 0.29) is 12.1 Å². The van der Waals surface area contributed by atoms with E-state index in [1.807, 2.05) is 0 Å². The van der Waals surface area contributed by atoms with Crippen molar-refractivity contribution in [3.05, 3.63) is 6.33 Å². The van der Waals surface area contributed by atoms with E-state index in [0.29, 0.717) is 17.4 Å². The van der Waals surface area contributed by atoms with Crippen LogP contribution in [0, 0.1) is 0 Å². The van der Waals surface area contributed by atoms with Gasteiger partial charge in [-0.3, -0.25) is 0 Å². The molecule has 0 aliphatic heterocycles. The predicted molar refractivity (Wildman–Crippen MR) is 77.7 cm³/mol. The molecule has 2 unspecified atom stereocenters. The summed E-state index contributed by atoms with van der Waals surface area (Å²) in [5.41, 5.74) is 1.40. The number of hydrogen-bond donors (Lipinski definition) is 4. The summed E-state index contributed by atoms with van der Waals surface area (Å²) >= 11 is 0. The van der Waals surface area contributed by atoms with Crippen LogP contribution in [0.5, 0.6) is 0 Å². The number of rotatable bonds is 3. The maximum absolute atomic E-state index is 10.2. The van der Waals surface area contributed by atoms with Gasteiger partial charge < -0.3 is 20.7 Å². The minimum atomic E-state index is -0.330. The molecule has 108 valence electrons. The average Bonchev–Trinajstić information content (AvgIpc) is 2.84. The van der Waals surface area contributed by atoms with Gasteiger partial charge in [-0.05, 0) is 12.8 Å². The fourth-order valence-corrected chi connectivity index (χ4v) is 2.68. The van der Waals surface area contributed by atoms with Crippen LogP contribution in [0.15, 0.2) is 6.33 Å². The van der Waals surface area contributed by atoms with Gasteiger partial charge in [0.25, 0.3) is 0 Å². The molecule has 0 saturated heterocycles. The normalized spacial score (nSPS) is 23.5. The monoisotopic (exact) mass is 276 g/mol. The van der Waals surface area contributed by atoms with Crippen LogP contribution in [0.25, 0.3) is 11.2 Å². The molecular weight excluding hydrogens is 256 g/mol. The van der Waals surface area contributed by atoms with Gasteiger partial charge in [-0.25, -0.2) is 4.98 Å². The van der Waals surface area contributed by atoms with E-state index < -0.39 is 0 Å². The molecule has 7 nitrogen and oxygen atoms in total. The van der Waals surface area contributed by atoms with Crippen molar-refractivity contribution in [2.75, 3.05) is 17.7 Å². The first-order valence-electron chi connectivity index (χ1n) is 7.11. The second-order valence-electron chi connectivity index (χ2n) is 5.20. The van der Waals surface area contributed by atoms with Gasteiger partial charge in [0, 0.05) is 7.05 Å². The number of fused-ring (bicyclic) bond motifs is 1. The molecule has 2 aromatic rings. The molecule has 7 heteroatoms. The fourth-order valence-electron chi connectivity index (χ4n) is 2.68. The molecule has 4 N–H and O–H groups in total. The van der Waals surface area contributed by atoms with Crippen molar-refractivity contribution in [3.63, 3.8) is 0 Å². The van der Waals surface area contributed by atoms with Crippen molar-refractivity contribution in [3.8, 4) is 0 Å². The summed E-state index contributed by atoms with van der Waals surface area (Å²) in [7, 11) is 1.78. The van der Waals surface area contributed by atoms with Crippen molar-refractivity contribution in [2.24, 2.45) is 0 Å². The van der Waals surface area contributed by atoms with Gasteiger partial charge in [0.05, 0.1) is 18.5 Å². The lowest BCUT2D eigenvalue weighted by Gasteiger charge is -2.22. The highest BCUT2D eigenvalue weighted by Crippen LogP contribution is 2.24. The standard InChI is InChI=1S/C13H20N6O/c1-14-13-18-11-10(15-7-16-11)12(19-13)17-8-5-3-2-4-6-9(8)20/h7-9,20H,2-6H2,1H3,(H3,14,15,16,17,18,19). The van der Waals surface area contributed by atoms with E-state index in [2.05, 4.69) is 30.6 Å². The SMILES string of the molecule is CNc1nc(NC2CCCCCC2O)c2[nH]cnc2n1. The number of aliphatic hydroxyl groups excluding tert-OH is 1. The van der Waals surface area contributed by atoms with Crippen LogP contribution in [0.2, 0.25) is 0 Å². The fraction of sp³-hybridized carbons (Fsp3) is 0.615. The number of aromatic nitrogens is 4. The van der Waals surface area contributed by atoms with E-state index in [0.717, 1.165) is 31.2 Å². The molecule has 2 heterocycles. The molecule has 1 aliphatic carbocycles. The Morgan fingerprint density at radius 2 is 2.10 bits per heavy atom. The molecule has 1 fully saturated rings. The van der Waals surface area contributed by atoms with E-state index in [1.165, 1.54) is 6.42 Å². The maximum atomic E-state index is 10.2. The Hall–Kier alpha value is -1.89. The molecule has 0 radical (unpaired) electrons. The minimum absolute atomic E-state index is 0.0311. The third-order valence-corrected chi connectivity index (χ3v) is 3.81. The van der Waals surface area contributed by atoms with E-state index in [4.69, 9.17) is 0 Å². The maximum Gasteiger partial charge on any atom is 0.226 e. The number of aliphatic hydroxyl groups is 1. The molecular formula is C13H20N6O. The van der Waals surface area contributed by atoms with Gasteiger partial charge in [-0.15, -0.1) is 0 Å². The van der Waals surface area contributed by atoms with E-state index in [9.17, 15) is 5.11 Å². The zero-order valence-corrected chi connectivity index (χ0v) is 11.6. The zero-order valence-electron chi connectivity index (χ0n) is 11.6. The van der Waals surface area contributed by atoms with Crippen molar-refractivity contribution in [2.45, 2.75) is 44.2 Å². The van der Waals surface area contributed by atoms with Crippen molar-refractivity contribution in [1.82, 2.24) is 19.9 Å². The number of nitrogens with zero attached hydrogens (tertiary/aromatic N) is 3. The summed E-state index contributed by atoms with van der Waals surface area (Å²) in [5.74, 6) is 1.22. The second-order valence-corrected chi connectivity index (χ2v) is 5.20. The largest absolute Gasteiger partial charge is 0.391 e. The Morgan fingerprint density at radius 1 is 1.25 bits per heavy atom. The van der Waals surface area contributed by atoms with E-state index in [1.54, 1.807) is 13.4 Å². The first-order valence-corrected chi connectivity index (χ1v) is 7.11. The molecule has 20 heavy (non-hydrogen) atoms. The summed E-state index contributed by atoms with van der Waals surface area (Å²) in [6.45, 7) is 0. The average molecular weight is 276 g/mol. The molecule has 0 amide bonds. The highest BCUT2D eigenvalue weighted by atomic mass is 16.3. The van der Waals surface area contributed by atoms with Gasteiger partial charge >= 0.3 is 0 Å². The lowest BCUT2D eigenvalue weighted by molar-refractivity contribution is 0.144. The Bertz CT molecular complexity index is 583. The molecule has 0 bridgehead atoms. The number of aromatic amines is 1. The van der Waals surface area contributed by atoms with Crippen molar-refractivity contribution >= 4 is 22.9 Å². The van der Waals surface area contributed by atoms with Crippen LogP contribution in [0.4, 0.5) is 11.8 Å². The summed E-state index contributed by atoms with van der Waals surface area (Å²) in [5, 5.41) is 16.5. The smallest absolute Gasteiger partial charge is 0.226 e. The molecule has 3 rings (SSSR count). The number of hydrogen-bond acceptors (Lipinski definition) is 6. The minimum Gasteiger partial charge on any atom is -0.391 e. The van der Waals surface area contributed by atoms with Gasteiger partial charge in [-0.1, -0.05) is 19.3 Å². The number of anilines is 2. The third-order valence-electron chi connectivity index (χ3n) is 3.81. The molecule has 1 aliphatic rings. The lowest BCUT2D eigenvalue weighted by atomic mass is 10.1. The number of imidazole rings is 1. The lowest BCUT2D eigenvalue weighted by Crippen LogP contribution is -2.33. The van der Waals surface area contributed by atoms with Crippen LogP contribution in [0.3, 0.4) is 0 Å². The Balaban J connectivity index is 1.90. The van der Waals surface area contributed by atoms with Crippen LogP contribution in [-0.2, 0) is 0 Å². The second kappa shape index (κ2) is 5.62. The highest BCUT2D eigenvalue weighted by Gasteiger charge is 2.23. The molecule has 0 spiro atoms. The van der Waals surface area contributed by atoms with E-state index >= 15 is 0 Å². The van der Waals surface area contributed by atoms with Gasteiger partial charge in [-0.2, -0.15) is 9.97 Å². The Kier molecular flexibility index (Phi) is 3.68. The first kappa shape index (κ1) is 13.1. The summed E-state index contributed by atoms with van der Waals surface area (Å²) in [6.07, 6.45) is 6.47. The van der Waals surface area contributed by atoms with Crippen LogP contribution >= 0.6 is 0 Å². The van der Waals surface area contributed by atoms with Crippen molar-refractivity contribution < 1.29 is 5.11 Å². The highest BCUT2D eigenvalue weighted by molar-refractivity contribution is 5.83. The van der Waals surface area contributed by atoms with Gasteiger partial charge in [0.2, 0.25) is 5.95 Å². The summed E-state index contributed by atoms with van der Waals surface area (Å²) in [4.78, 5) is 15.9. The third kappa shape index (κ3) is 2.53. The van der Waals surface area contributed by atoms with Gasteiger partial charge in [0.15, 0.2) is 11.5 Å². The van der Waals surface area contributed by atoms with Crippen molar-refractivity contribution in [1.29, 1.82) is 0 Å². The topological polar surface area (TPSA) is 98.8 Å². The molecule has 0 aromatic carbocycles. The van der Waals surface area contributed by atoms with Crippen LogP contribution in [-0.4, -0.2) is 44.2 Å². The number of H-pyrrole nitrogens is 1. The summed E-state index contributed by atoms with van der Waals surface area (Å²) < 4.78 is 0. The number of nitrogens with one attached hydrogen (secondary N) is 3. The zero-order chi connectivity index (χ0) is 13.9. The Labute approximate surface area is 117 Å². The Morgan fingerprint density at radius 3 is 2.95 bits per heavy atom. The molecule has 2 atom stereocenters. The quantitative estimate of drug-likeness (QED) is 0.634. The summed E-state index contributed by atoms with van der Waals surface area (Å²) in [6, 6.07) is 0.0311. The molecule has 1 saturated carbocycles. The van der Waals surface area contributed by atoms with Crippen LogP contribution in [0.1, 0.15) is 32.1 Å². The first-order chi connectivity index (χ1) is 9.78. The van der Waals surface area contributed by atoms with Gasteiger partial charge in [0.1, 0.15) is 5.52 Å². The van der Waals surface area contributed by atoms with Crippen LogP contribution < -0.4 is 10.6 Å². The molecule has 2 aromatic heterocycles.